The highest BCUT2D eigenvalue weighted by Gasteiger charge is 2.07. The zero-order valence-corrected chi connectivity index (χ0v) is 12.6. The Bertz CT molecular complexity index is 670. The first-order valence-electron chi connectivity index (χ1n) is 6.93. The lowest BCUT2D eigenvalue weighted by Gasteiger charge is -2.12. The van der Waals surface area contributed by atoms with Crippen molar-refractivity contribution in [3.8, 4) is 0 Å². The predicted octanol–water partition coefficient (Wildman–Crippen LogP) is 2.54. The smallest absolute Gasteiger partial charge is 0.217 e. The number of hydrogen-bond donors (Lipinski definition) is 3. The van der Waals surface area contributed by atoms with Crippen LogP contribution in [-0.2, 0) is 4.79 Å². The van der Waals surface area contributed by atoms with Gasteiger partial charge in [-0.25, -0.2) is 0 Å². The van der Waals surface area contributed by atoms with Crippen LogP contribution in [-0.4, -0.2) is 17.4 Å². The molecule has 0 fully saturated rings. The Morgan fingerprint density at radius 1 is 1.05 bits per heavy atom. The van der Waals surface area contributed by atoms with Crippen molar-refractivity contribution in [1.29, 1.82) is 0 Å². The topological polar surface area (TPSA) is 81.1 Å². The van der Waals surface area contributed by atoms with E-state index in [9.17, 15) is 4.79 Å². The molecule has 5 N–H and O–H groups in total. The summed E-state index contributed by atoms with van der Waals surface area (Å²) in [5.74, 6) is -0.249. The Hall–Kier alpha value is -2.14. The molecule has 0 heterocycles. The Balaban J connectivity index is 2.12. The Kier molecular flexibility index (Phi) is 5.11. The molecule has 2 aromatic rings. The first-order valence-corrected chi connectivity index (χ1v) is 7.34. The minimum atomic E-state index is -0.249. The van der Waals surface area contributed by atoms with E-state index in [0.717, 1.165) is 41.4 Å². The van der Waals surface area contributed by atoms with Gasteiger partial charge in [0.2, 0.25) is 5.91 Å². The van der Waals surface area contributed by atoms with Crippen molar-refractivity contribution >= 4 is 39.6 Å². The van der Waals surface area contributed by atoms with Crippen LogP contribution < -0.4 is 16.8 Å². The summed E-state index contributed by atoms with van der Waals surface area (Å²) in [5.41, 5.74) is 12.8. The number of nitrogens with two attached hydrogens (primary N) is 2. The van der Waals surface area contributed by atoms with Gasteiger partial charge in [-0.05, 0) is 30.4 Å². The number of unbranched alkanes of at least 4 members (excludes halogenated alkanes) is 1. The van der Waals surface area contributed by atoms with Crippen molar-refractivity contribution in [3.05, 3.63) is 42.0 Å². The molecule has 2 aromatic carbocycles. The van der Waals surface area contributed by atoms with Gasteiger partial charge in [0.25, 0.3) is 0 Å². The van der Waals surface area contributed by atoms with Crippen LogP contribution in [0.4, 0.5) is 5.69 Å². The third kappa shape index (κ3) is 3.92. The predicted molar refractivity (Wildman–Crippen MR) is 91.4 cm³/mol. The van der Waals surface area contributed by atoms with Gasteiger partial charge in [-0.15, -0.1) is 0 Å². The molecule has 0 spiro atoms. The number of carbonyl (C=O) groups is 1. The number of thiocarbonyl (C=S) groups is 1. The molecule has 1 amide bonds. The van der Waals surface area contributed by atoms with Crippen molar-refractivity contribution in [2.24, 2.45) is 11.5 Å². The van der Waals surface area contributed by atoms with Crippen LogP contribution in [0.2, 0.25) is 0 Å². The summed E-state index contributed by atoms with van der Waals surface area (Å²) in [6.07, 6.45) is 2.13. The van der Waals surface area contributed by atoms with E-state index in [2.05, 4.69) is 5.32 Å². The van der Waals surface area contributed by atoms with E-state index in [1.54, 1.807) is 0 Å². The standard InChI is InChI=1S/C16H19N3OS/c17-15(20)7-3-4-10-19-14-9-8-13(16(18)21)11-5-1-2-6-12(11)14/h1-2,5-6,8-9,19H,3-4,7,10H2,(H2,17,20)(H2,18,21). The van der Waals surface area contributed by atoms with Crippen LogP contribution in [0, 0.1) is 0 Å². The molecule has 110 valence electrons. The van der Waals surface area contributed by atoms with Gasteiger partial charge >= 0.3 is 0 Å². The molecule has 0 atom stereocenters. The fraction of sp³-hybridized carbons (Fsp3) is 0.250. The number of anilines is 1. The largest absolute Gasteiger partial charge is 0.389 e. The molecule has 0 radical (unpaired) electrons. The molecule has 4 nitrogen and oxygen atoms in total. The normalized spacial score (nSPS) is 10.5. The third-order valence-corrected chi connectivity index (χ3v) is 3.57. The third-order valence-electron chi connectivity index (χ3n) is 3.35. The van der Waals surface area contributed by atoms with E-state index >= 15 is 0 Å². The molecule has 0 aliphatic carbocycles. The zero-order chi connectivity index (χ0) is 15.2. The number of amides is 1. The number of primary amides is 1. The zero-order valence-electron chi connectivity index (χ0n) is 11.8. The molecule has 2 rings (SSSR count). The molecular weight excluding hydrogens is 282 g/mol. The van der Waals surface area contributed by atoms with Crippen molar-refractivity contribution in [1.82, 2.24) is 0 Å². The van der Waals surface area contributed by atoms with Gasteiger partial charge in [0.05, 0.1) is 0 Å². The van der Waals surface area contributed by atoms with Crippen LogP contribution in [0.1, 0.15) is 24.8 Å². The van der Waals surface area contributed by atoms with Crippen molar-refractivity contribution < 1.29 is 4.79 Å². The summed E-state index contributed by atoms with van der Waals surface area (Å²) in [6, 6.07) is 12.0. The lowest BCUT2D eigenvalue weighted by atomic mass is 10.0. The number of fused-ring (bicyclic) bond motifs is 1. The monoisotopic (exact) mass is 301 g/mol. The van der Waals surface area contributed by atoms with E-state index in [4.69, 9.17) is 23.7 Å². The van der Waals surface area contributed by atoms with Crippen LogP contribution in [0.3, 0.4) is 0 Å². The van der Waals surface area contributed by atoms with E-state index in [1.165, 1.54) is 0 Å². The van der Waals surface area contributed by atoms with Crippen LogP contribution >= 0.6 is 12.2 Å². The summed E-state index contributed by atoms with van der Waals surface area (Å²) in [7, 11) is 0. The SMILES string of the molecule is NC(=O)CCCCNc1ccc(C(N)=S)c2ccccc12. The molecule has 0 aliphatic rings. The van der Waals surface area contributed by atoms with Gasteiger partial charge in [-0.1, -0.05) is 36.5 Å². The molecule has 0 saturated heterocycles. The molecular formula is C16H19N3OS. The van der Waals surface area contributed by atoms with Crippen molar-refractivity contribution in [3.63, 3.8) is 0 Å². The summed E-state index contributed by atoms with van der Waals surface area (Å²) >= 11 is 5.09. The van der Waals surface area contributed by atoms with Crippen molar-refractivity contribution in [2.45, 2.75) is 19.3 Å². The van der Waals surface area contributed by atoms with Gasteiger partial charge in [-0.3, -0.25) is 4.79 Å². The second-order valence-electron chi connectivity index (χ2n) is 4.92. The lowest BCUT2D eigenvalue weighted by Crippen LogP contribution is -2.12. The molecule has 0 bridgehead atoms. The maximum absolute atomic E-state index is 10.7. The second kappa shape index (κ2) is 7.04. The molecule has 21 heavy (non-hydrogen) atoms. The van der Waals surface area contributed by atoms with Gasteiger partial charge in [-0.2, -0.15) is 0 Å². The number of rotatable bonds is 7. The second-order valence-corrected chi connectivity index (χ2v) is 5.36. The number of hydrogen-bond acceptors (Lipinski definition) is 3. The minimum Gasteiger partial charge on any atom is -0.389 e. The maximum Gasteiger partial charge on any atom is 0.217 e. The van der Waals surface area contributed by atoms with E-state index < -0.39 is 0 Å². The highest BCUT2D eigenvalue weighted by molar-refractivity contribution is 7.80. The summed E-state index contributed by atoms with van der Waals surface area (Å²) in [4.78, 5) is 11.1. The summed E-state index contributed by atoms with van der Waals surface area (Å²) < 4.78 is 0. The first kappa shape index (κ1) is 15.3. The minimum absolute atomic E-state index is 0.249. The lowest BCUT2D eigenvalue weighted by molar-refractivity contribution is -0.118. The van der Waals surface area contributed by atoms with E-state index in [0.29, 0.717) is 11.4 Å². The highest BCUT2D eigenvalue weighted by Crippen LogP contribution is 2.26. The summed E-state index contributed by atoms with van der Waals surface area (Å²) in [5, 5.41) is 5.53. The molecule has 0 unspecified atom stereocenters. The number of nitrogens with one attached hydrogen (secondary N) is 1. The molecule has 5 heteroatoms. The van der Waals surface area contributed by atoms with E-state index in [1.807, 2.05) is 36.4 Å². The van der Waals surface area contributed by atoms with E-state index in [-0.39, 0.29) is 5.91 Å². The quantitative estimate of drug-likeness (QED) is 0.542. The van der Waals surface area contributed by atoms with Gasteiger partial charge < -0.3 is 16.8 Å². The number of carbonyl (C=O) groups excluding carboxylic acids is 1. The fourth-order valence-electron chi connectivity index (χ4n) is 2.32. The van der Waals surface area contributed by atoms with Gasteiger partial charge in [0.1, 0.15) is 4.99 Å². The van der Waals surface area contributed by atoms with Crippen LogP contribution in [0.5, 0.6) is 0 Å². The fourth-order valence-corrected chi connectivity index (χ4v) is 2.49. The van der Waals surface area contributed by atoms with Gasteiger partial charge in [0.15, 0.2) is 0 Å². The van der Waals surface area contributed by atoms with Crippen LogP contribution in [0.15, 0.2) is 36.4 Å². The van der Waals surface area contributed by atoms with Gasteiger partial charge in [0, 0.05) is 29.6 Å². The molecule has 0 aliphatic heterocycles. The average molecular weight is 301 g/mol. The first-order chi connectivity index (χ1) is 10.1. The Labute approximate surface area is 129 Å². The Morgan fingerprint density at radius 3 is 2.43 bits per heavy atom. The number of benzene rings is 2. The Morgan fingerprint density at radius 2 is 1.76 bits per heavy atom. The maximum atomic E-state index is 10.7. The molecule has 0 aromatic heterocycles. The average Bonchev–Trinajstić information content (AvgIpc) is 2.46. The van der Waals surface area contributed by atoms with Crippen molar-refractivity contribution in [2.75, 3.05) is 11.9 Å². The van der Waals surface area contributed by atoms with Crippen LogP contribution in [0.25, 0.3) is 10.8 Å². The summed E-state index contributed by atoms with van der Waals surface area (Å²) in [6.45, 7) is 0.795. The highest BCUT2D eigenvalue weighted by atomic mass is 32.1. The molecule has 0 saturated carbocycles.